The van der Waals surface area contributed by atoms with Gasteiger partial charge in [0.1, 0.15) is 0 Å². The fourth-order valence-corrected chi connectivity index (χ4v) is 7.15. The van der Waals surface area contributed by atoms with Crippen molar-refractivity contribution in [3.8, 4) is 5.75 Å². The summed E-state index contributed by atoms with van der Waals surface area (Å²) in [5, 5.41) is 9.62. The number of fused-ring (bicyclic) bond motifs is 3. The number of aromatic hydroxyl groups is 1. The number of imide groups is 1. The zero-order valence-corrected chi connectivity index (χ0v) is 25.9. The van der Waals surface area contributed by atoms with Gasteiger partial charge < -0.3 is 14.6 Å². The predicted molar refractivity (Wildman–Crippen MR) is 164 cm³/mol. The molecule has 0 radical (unpaired) electrons. The van der Waals surface area contributed by atoms with Crippen molar-refractivity contribution in [3.05, 3.63) is 106 Å². The van der Waals surface area contributed by atoms with Gasteiger partial charge in [-0.2, -0.15) is 26.3 Å². The molecule has 4 atom stereocenters. The van der Waals surface area contributed by atoms with Crippen molar-refractivity contribution < 1.29 is 54.9 Å². The second-order valence-corrected chi connectivity index (χ2v) is 12.3. The van der Waals surface area contributed by atoms with Crippen molar-refractivity contribution in [2.45, 2.75) is 37.7 Å². The van der Waals surface area contributed by atoms with Crippen LogP contribution in [-0.2, 0) is 31.4 Å². The number of nitrogens with zero attached hydrogens (tertiary/aromatic N) is 1. The second-order valence-electron chi connectivity index (χ2n) is 12.3. The van der Waals surface area contributed by atoms with Gasteiger partial charge in [0.05, 0.1) is 48.0 Å². The highest BCUT2D eigenvalue weighted by molar-refractivity contribution is 6.22. The van der Waals surface area contributed by atoms with Crippen molar-refractivity contribution in [1.82, 2.24) is 0 Å². The maximum atomic E-state index is 14.1. The second kappa shape index (κ2) is 13.1. The van der Waals surface area contributed by atoms with E-state index in [1.54, 1.807) is 12.1 Å². The molecule has 6 rings (SSSR count). The summed E-state index contributed by atoms with van der Waals surface area (Å²) in [4.78, 5) is 28.0. The minimum absolute atomic E-state index is 0.00515. The fraction of sp³-hybridized carbons (Fsp3) is 0.333. The highest BCUT2D eigenvalue weighted by Crippen LogP contribution is 2.51. The summed E-state index contributed by atoms with van der Waals surface area (Å²) >= 11 is 0. The van der Waals surface area contributed by atoms with Crippen LogP contribution in [0.1, 0.15) is 41.5 Å². The quantitative estimate of drug-likeness (QED) is 0.112. The average Bonchev–Trinajstić information content (AvgIpc) is 3.58. The van der Waals surface area contributed by atoms with E-state index in [9.17, 15) is 45.4 Å². The van der Waals surface area contributed by atoms with Gasteiger partial charge in [-0.3, -0.25) is 9.59 Å². The molecular formula is C36H30F7NO5. The van der Waals surface area contributed by atoms with Gasteiger partial charge in [-0.1, -0.05) is 42.5 Å². The first-order chi connectivity index (χ1) is 23.2. The molecule has 2 aliphatic heterocycles. The molecule has 1 aliphatic carbocycles. The lowest BCUT2D eigenvalue weighted by Crippen LogP contribution is -2.35. The molecule has 13 heteroatoms. The summed E-state index contributed by atoms with van der Waals surface area (Å²) in [6, 6.07) is 14.1. The van der Waals surface area contributed by atoms with Crippen LogP contribution in [0.15, 0.2) is 77.9 Å². The van der Waals surface area contributed by atoms with Crippen LogP contribution in [0.3, 0.4) is 0 Å². The zero-order chi connectivity index (χ0) is 35.2. The molecule has 3 aliphatic rings. The molecule has 0 saturated carbocycles. The Bertz CT molecular complexity index is 1800. The van der Waals surface area contributed by atoms with E-state index in [4.69, 9.17) is 9.47 Å². The van der Waals surface area contributed by atoms with Gasteiger partial charge in [0.2, 0.25) is 11.8 Å². The van der Waals surface area contributed by atoms with E-state index in [2.05, 4.69) is 0 Å². The third kappa shape index (κ3) is 6.73. The Kier molecular flexibility index (Phi) is 9.18. The molecule has 2 fully saturated rings. The number of methoxy groups -OCH3 is 1. The molecule has 2 heterocycles. The summed E-state index contributed by atoms with van der Waals surface area (Å²) in [7, 11) is 1.45. The number of ether oxygens (including phenoxy) is 2. The van der Waals surface area contributed by atoms with Gasteiger partial charge in [0.15, 0.2) is 11.6 Å². The summed E-state index contributed by atoms with van der Waals surface area (Å²) in [5.41, 5.74) is -0.450. The number of carbonyl (C=O) groups is 2. The topological polar surface area (TPSA) is 76.1 Å². The lowest BCUT2D eigenvalue weighted by atomic mass is 9.69. The molecule has 3 aromatic carbocycles. The minimum atomic E-state index is -5.16. The Balaban J connectivity index is 1.31. The number of rotatable bonds is 8. The first-order valence-electron chi connectivity index (χ1n) is 15.4. The first kappa shape index (κ1) is 34.4. The fourth-order valence-electron chi connectivity index (χ4n) is 7.15. The molecule has 0 bridgehead atoms. The van der Waals surface area contributed by atoms with Crippen LogP contribution in [0.5, 0.6) is 5.75 Å². The van der Waals surface area contributed by atoms with Crippen molar-refractivity contribution in [2.75, 3.05) is 25.2 Å². The van der Waals surface area contributed by atoms with Gasteiger partial charge in [0, 0.05) is 13.0 Å². The van der Waals surface area contributed by atoms with Crippen LogP contribution in [0, 0.1) is 23.6 Å². The predicted octanol–water partition coefficient (Wildman–Crippen LogP) is 8.06. The van der Waals surface area contributed by atoms with Gasteiger partial charge >= 0.3 is 12.4 Å². The van der Waals surface area contributed by atoms with E-state index in [0.717, 1.165) is 16.7 Å². The monoisotopic (exact) mass is 689 g/mol. The smallest absolute Gasteiger partial charge is 0.416 e. The SMILES string of the molecule is COCC1=C2[C@@H](CC/C(=C/c3ccc(O)c(F)c3)c3ccccc3)OC[C@@H]2[C@@H]2C(=O)N(c3cc(C(F)(F)F)cc(C(F)(F)F)c3)C(=O)[C@@H]2C1. The van der Waals surface area contributed by atoms with E-state index >= 15 is 0 Å². The van der Waals surface area contributed by atoms with Crippen molar-refractivity contribution >= 4 is 29.2 Å². The standard InChI is InChI=1S/C36H30F7NO5/c1-48-17-22-13-26-32(34(47)44(33(26)46)25-15-23(35(38,39)40)14-24(16-25)36(41,42)43)27-18-49-30(31(22)27)10-8-21(20-5-3-2-4-6-20)11-19-7-9-29(45)28(37)12-19/h2-7,9,11-12,14-16,26-27,30,32,45H,8,10,13,17-18H2,1H3/b21-11-/t26-,27+,30-,32-/m1/s1. The average molecular weight is 690 g/mol. The van der Waals surface area contributed by atoms with Crippen LogP contribution in [0.4, 0.5) is 36.4 Å². The Hall–Kier alpha value is -4.49. The number of alkyl halides is 6. The molecular weight excluding hydrogens is 659 g/mol. The number of phenols is 1. The van der Waals surface area contributed by atoms with E-state index in [0.29, 0.717) is 41.0 Å². The number of halogens is 7. The van der Waals surface area contributed by atoms with E-state index in [1.807, 2.05) is 30.3 Å². The Morgan fingerprint density at radius 2 is 1.61 bits per heavy atom. The van der Waals surface area contributed by atoms with E-state index in [1.165, 1.54) is 19.2 Å². The number of phenolic OH excluding ortho intramolecular Hbond substituents is 1. The lowest BCUT2D eigenvalue weighted by molar-refractivity contribution is -0.143. The van der Waals surface area contributed by atoms with Gasteiger partial charge in [-0.25, -0.2) is 9.29 Å². The van der Waals surface area contributed by atoms with Crippen molar-refractivity contribution in [2.24, 2.45) is 17.8 Å². The van der Waals surface area contributed by atoms with Crippen LogP contribution in [-0.4, -0.2) is 43.3 Å². The molecule has 49 heavy (non-hydrogen) atoms. The summed E-state index contributed by atoms with van der Waals surface area (Å²) in [6.07, 6.45) is -8.24. The number of anilines is 1. The highest BCUT2D eigenvalue weighted by Gasteiger charge is 2.57. The van der Waals surface area contributed by atoms with E-state index in [-0.39, 0.29) is 25.7 Å². The van der Waals surface area contributed by atoms with Gasteiger partial charge in [-0.15, -0.1) is 0 Å². The van der Waals surface area contributed by atoms with Crippen LogP contribution >= 0.6 is 0 Å². The van der Waals surface area contributed by atoms with Crippen LogP contribution < -0.4 is 4.90 Å². The zero-order valence-electron chi connectivity index (χ0n) is 25.9. The summed E-state index contributed by atoms with van der Waals surface area (Å²) in [6.45, 7) is 0.0809. The normalized spacial score (nSPS) is 22.9. The van der Waals surface area contributed by atoms with Crippen LogP contribution in [0.25, 0.3) is 11.6 Å². The molecule has 1 N–H and O–H groups in total. The Morgan fingerprint density at radius 3 is 2.22 bits per heavy atom. The molecule has 0 unspecified atom stereocenters. The third-order valence-electron chi connectivity index (χ3n) is 9.29. The summed E-state index contributed by atoms with van der Waals surface area (Å²) in [5.74, 6) is -5.76. The lowest BCUT2D eigenvalue weighted by Gasteiger charge is -2.31. The summed E-state index contributed by atoms with van der Waals surface area (Å²) < 4.78 is 108. The Morgan fingerprint density at radius 1 is 0.939 bits per heavy atom. The molecule has 258 valence electrons. The van der Waals surface area contributed by atoms with Crippen molar-refractivity contribution in [1.29, 1.82) is 0 Å². The highest BCUT2D eigenvalue weighted by atomic mass is 19.4. The minimum Gasteiger partial charge on any atom is -0.505 e. The van der Waals surface area contributed by atoms with Crippen molar-refractivity contribution in [3.63, 3.8) is 0 Å². The number of allylic oxidation sites excluding steroid dienone is 1. The molecule has 0 spiro atoms. The molecule has 0 aromatic heterocycles. The van der Waals surface area contributed by atoms with E-state index < -0.39 is 76.4 Å². The maximum Gasteiger partial charge on any atom is 0.416 e. The molecule has 2 saturated heterocycles. The number of amides is 2. The number of hydrogen-bond acceptors (Lipinski definition) is 5. The molecule has 2 amide bonds. The van der Waals surface area contributed by atoms with Gasteiger partial charge in [0.25, 0.3) is 0 Å². The first-order valence-corrected chi connectivity index (χ1v) is 15.4. The third-order valence-corrected chi connectivity index (χ3v) is 9.29. The largest absolute Gasteiger partial charge is 0.505 e. The Labute approximate surface area is 276 Å². The number of hydrogen-bond donors (Lipinski definition) is 1. The molecule has 3 aromatic rings. The maximum absolute atomic E-state index is 14.1. The number of carbonyl (C=O) groups excluding carboxylic acids is 2. The van der Waals surface area contributed by atoms with Crippen LogP contribution in [0.2, 0.25) is 0 Å². The number of benzene rings is 3. The molecule has 6 nitrogen and oxygen atoms in total. The van der Waals surface area contributed by atoms with Gasteiger partial charge in [-0.05, 0) is 77.4 Å².